The third-order valence-electron chi connectivity index (χ3n) is 3.49. The second-order valence-electron chi connectivity index (χ2n) is 5.49. The minimum Gasteiger partial charge on any atom is -0.299 e. The summed E-state index contributed by atoms with van der Waals surface area (Å²) in [6, 6.07) is 9.11. The van der Waals surface area contributed by atoms with Crippen LogP contribution in [0.15, 0.2) is 42.5 Å². The van der Waals surface area contributed by atoms with Crippen molar-refractivity contribution in [2.24, 2.45) is 0 Å². The first-order valence-electron chi connectivity index (χ1n) is 7.68. The molecule has 0 atom stereocenters. The van der Waals surface area contributed by atoms with Crippen molar-refractivity contribution < 1.29 is 18.0 Å². The summed E-state index contributed by atoms with van der Waals surface area (Å²) < 4.78 is 37.6. The van der Waals surface area contributed by atoms with Gasteiger partial charge < -0.3 is 0 Å². The summed E-state index contributed by atoms with van der Waals surface area (Å²) >= 11 is 12.0. The zero-order chi connectivity index (χ0) is 20.3. The third-order valence-corrected chi connectivity index (χ3v) is 4.31. The highest BCUT2D eigenvalue weighted by Crippen LogP contribution is 2.31. The number of benzene rings is 2. The smallest absolute Gasteiger partial charge is 0.299 e. The van der Waals surface area contributed by atoms with Crippen LogP contribution in [0.25, 0.3) is 11.4 Å². The molecular formula is C16H11Cl2F3N6O. The van der Waals surface area contributed by atoms with Gasteiger partial charge in [-0.2, -0.15) is 18.0 Å². The molecule has 3 rings (SSSR count). The van der Waals surface area contributed by atoms with Crippen molar-refractivity contribution >= 4 is 34.8 Å². The Balaban J connectivity index is 1.58. The monoisotopic (exact) mass is 430 g/mol. The van der Waals surface area contributed by atoms with Crippen LogP contribution in [0.2, 0.25) is 10.0 Å². The maximum Gasteiger partial charge on any atom is 0.416 e. The number of hydrogen-bond acceptors (Lipinski definition) is 5. The number of tetrazole rings is 1. The Morgan fingerprint density at radius 1 is 1.11 bits per heavy atom. The van der Waals surface area contributed by atoms with Gasteiger partial charge in [0.1, 0.15) is 6.54 Å². The molecule has 2 N–H and O–H groups in total. The predicted molar refractivity (Wildman–Crippen MR) is 96.5 cm³/mol. The Hall–Kier alpha value is -2.85. The molecule has 0 bridgehead atoms. The van der Waals surface area contributed by atoms with Crippen LogP contribution in [0, 0.1) is 0 Å². The Kier molecular flexibility index (Phi) is 5.71. The average Bonchev–Trinajstić information content (AvgIpc) is 3.10. The van der Waals surface area contributed by atoms with Crippen LogP contribution in [0.1, 0.15) is 5.56 Å². The molecule has 1 aromatic heterocycles. The molecule has 2 aromatic carbocycles. The number of hydrazine groups is 1. The average molecular weight is 431 g/mol. The van der Waals surface area contributed by atoms with Crippen LogP contribution >= 0.6 is 23.2 Å². The van der Waals surface area contributed by atoms with Gasteiger partial charge in [-0.1, -0.05) is 29.3 Å². The Labute approximate surface area is 166 Å². The maximum atomic E-state index is 12.5. The Bertz CT molecular complexity index is 991. The number of rotatable bonds is 5. The second-order valence-corrected chi connectivity index (χ2v) is 6.28. The van der Waals surface area contributed by atoms with Gasteiger partial charge in [0.15, 0.2) is 0 Å². The van der Waals surface area contributed by atoms with Crippen LogP contribution in [-0.4, -0.2) is 26.1 Å². The molecule has 146 valence electrons. The van der Waals surface area contributed by atoms with E-state index < -0.39 is 17.6 Å². The van der Waals surface area contributed by atoms with E-state index in [4.69, 9.17) is 23.2 Å². The van der Waals surface area contributed by atoms with Gasteiger partial charge >= 0.3 is 6.18 Å². The number of alkyl halides is 3. The second kappa shape index (κ2) is 8.03. The minimum absolute atomic E-state index is 0.191. The van der Waals surface area contributed by atoms with Gasteiger partial charge in [0.2, 0.25) is 5.82 Å². The van der Waals surface area contributed by atoms with Crippen molar-refractivity contribution in [2.75, 3.05) is 5.43 Å². The van der Waals surface area contributed by atoms with E-state index in [2.05, 4.69) is 26.3 Å². The molecule has 0 saturated carbocycles. The molecule has 0 unspecified atom stereocenters. The normalized spacial score (nSPS) is 11.3. The van der Waals surface area contributed by atoms with Gasteiger partial charge in [0.25, 0.3) is 5.91 Å². The summed E-state index contributed by atoms with van der Waals surface area (Å²) in [5.41, 5.74) is 4.78. The molecule has 28 heavy (non-hydrogen) atoms. The molecular weight excluding hydrogens is 420 g/mol. The molecule has 3 aromatic rings. The summed E-state index contributed by atoms with van der Waals surface area (Å²) in [7, 11) is 0. The lowest BCUT2D eigenvalue weighted by molar-refractivity contribution is -0.137. The Morgan fingerprint density at radius 2 is 1.82 bits per heavy atom. The quantitative estimate of drug-likeness (QED) is 0.601. The summed E-state index contributed by atoms with van der Waals surface area (Å²) in [5.74, 6) is -0.350. The van der Waals surface area contributed by atoms with Crippen molar-refractivity contribution in [3.63, 3.8) is 0 Å². The molecule has 0 saturated heterocycles. The van der Waals surface area contributed by atoms with Gasteiger partial charge in [0, 0.05) is 5.56 Å². The number of carbonyl (C=O) groups is 1. The van der Waals surface area contributed by atoms with Crippen molar-refractivity contribution in [1.29, 1.82) is 0 Å². The molecule has 0 fully saturated rings. The lowest BCUT2D eigenvalue weighted by Gasteiger charge is -2.10. The fourth-order valence-corrected chi connectivity index (χ4v) is 2.53. The summed E-state index contributed by atoms with van der Waals surface area (Å²) in [5, 5.41) is 12.2. The molecule has 0 aliphatic heterocycles. The lowest BCUT2D eigenvalue weighted by atomic mass is 10.2. The summed E-state index contributed by atoms with van der Waals surface area (Å²) in [4.78, 5) is 13.0. The van der Waals surface area contributed by atoms with E-state index in [9.17, 15) is 18.0 Å². The van der Waals surface area contributed by atoms with Gasteiger partial charge in [-0.15, -0.1) is 10.2 Å². The number of anilines is 1. The zero-order valence-electron chi connectivity index (χ0n) is 13.8. The molecule has 0 aliphatic rings. The highest BCUT2D eigenvalue weighted by atomic mass is 35.5. The van der Waals surface area contributed by atoms with E-state index in [0.717, 1.165) is 16.9 Å². The number of nitrogens with one attached hydrogen (secondary N) is 2. The van der Waals surface area contributed by atoms with Gasteiger partial charge in [-0.25, -0.2) is 0 Å². The molecule has 0 spiro atoms. The summed E-state index contributed by atoms with van der Waals surface area (Å²) in [6.07, 6.45) is -4.43. The van der Waals surface area contributed by atoms with Crippen LogP contribution < -0.4 is 10.9 Å². The molecule has 12 heteroatoms. The van der Waals surface area contributed by atoms with E-state index in [1.54, 1.807) is 18.2 Å². The highest BCUT2D eigenvalue weighted by molar-refractivity contribution is 6.43. The van der Waals surface area contributed by atoms with Crippen molar-refractivity contribution in [2.45, 2.75) is 12.7 Å². The summed E-state index contributed by atoms with van der Waals surface area (Å²) in [6.45, 7) is -0.279. The lowest BCUT2D eigenvalue weighted by Crippen LogP contribution is -2.33. The fraction of sp³-hybridized carbons (Fsp3) is 0.125. The minimum atomic E-state index is -4.43. The molecule has 0 radical (unpaired) electrons. The van der Waals surface area contributed by atoms with E-state index in [0.29, 0.717) is 10.6 Å². The van der Waals surface area contributed by atoms with Crippen LogP contribution in [0.3, 0.4) is 0 Å². The van der Waals surface area contributed by atoms with Crippen molar-refractivity contribution in [1.82, 2.24) is 25.6 Å². The zero-order valence-corrected chi connectivity index (χ0v) is 15.3. The Morgan fingerprint density at radius 3 is 2.50 bits per heavy atom. The first kappa shape index (κ1) is 19.9. The number of hydrogen-bond donors (Lipinski definition) is 2. The number of carbonyl (C=O) groups excluding carboxylic acids is 1. The third kappa shape index (κ3) is 4.70. The first-order chi connectivity index (χ1) is 13.2. The molecule has 1 heterocycles. The van der Waals surface area contributed by atoms with Crippen LogP contribution in [0.4, 0.5) is 18.9 Å². The standard InChI is InChI=1S/C16H11Cl2F3N6O/c17-12-3-1-2-11(14(12)18)15-24-26-27(25-15)8-13(28)23-22-10-6-4-9(5-7-10)16(19,20)21/h1-7,22H,8H2,(H,23,28). The fourth-order valence-electron chi connectivity index (χ4n) is 2.15. The van der Waals surface area contributed by atoms with E-state index >= 15 is 0 Å². The van der Waals surface area contributed by atoms with Crippen LogP contribution in [-0.2, 0) is 17.5 Å². The van der Waals surface area contributed by atoms with E-state index in [-0.39, 0.29) is 23.1 Å². The number of nitrogens with zero attached hydrogens (tertiary/aromatic N) is 4. The first-order valence-corrected chi connectivity index (χ1v) is 8.44. The van der Waals surface area contributed by atoms with Gasteiger partial charge in [0.05, 0.1) is 21.3 Å². The largest absolute Gasteiger partial charge is 0.416 e. The number of halogens is 5. The van der Waals surface area contributed by atoms with Gasteiger partial charge in [-0.05, 0) is 41.6 Å². The predicted octanol–water partition coefficient (Wildman–Crippen LogP) is 3.81. The molecule has 7 nitrogen and oxygen atoms in total. The molecule has 1 amide bonds. The molecule has 0 aliphatic carbocycles. The maximum absolute atomic E-state index is 12.5. The van der Waals surface area contributed by atoms with Gasteiger partial charge in [-0.3, -0.25) is 15.6 Å². The van der Waals surface area contributed by atoms with E-state index in [1.807, 2.05) is 0 Å². The number of aromatic nitrogens is 4. The topological polar surface area (TPSA) is 84.7 Å². The van der Waals surface area contributed by atoms with Crippen molar-refractivity contribution in [3.8, 4) is 11.4 Å². The van der Waals surface area contributed by atoms with E-state index in [1.165, 1.54) is 12.1 Å². The van der Waals surface area contributed by atoms with Crippen LogP contribution in [0.5, 0.6) is 0 Å². The van der Waals surface area contributed by atoms with Crippen molar-refractivity contribution in [3.05, 3.63) is 58.1 Å². The SMILES string of the molecule is O=C(Cn1nnc(-c2cccc(Cl)c2Cl)n1)NNc1ccc(C(F)(F)F)cc1. The highest BCUT2D eigenvalue weighted by Gasteiger charge is 2.29. The number of amides is 1.